The molecule has 0 aliphatic carbocycles. The molecule has 2 unspecified atom stereocenters. The molecular formula is C24H39N3O5S. The largest absolute Gasteiger partial charge is 0.379 e. The van der Waals surface area contributed by atoms with Crippen molar-refractivity contribution < 1.29 is 22.7 Å². The number of hydrogen-bond acceptors (Lipinski definition) is 5. The van der Waals surface area contributed by atoms with Crippen LogP contribution in [0.15, 0.2) is 29.2 Å². The third-order valence-electron chi connectivity index (χ3n) is 5.75. The zero-order valence-electron chi connectivity index (χ0n) is 20.5. The summed E-state index contributed by atoms with van der Waals surface area (Å²) >= 11 is 0. The smallest absolute Gasteiger partial charge is 0.251 e. The standard InChI is InChI=1S/C24H39N3O5S/c1-17(2)8-6-9-19(5)25-24(29)22(18(3)4)26-23(28)20-10-7-11-21(16-20)33(30,31)27-12-14-32-15-13-27/h7,10-11,16-19,22H,6,8-9,12-15H2,1-5H3,(H,25,29)(H,26,28). The quantitative estimate of drug-likeness (QED) is 0.506. The fourth-order valence-electron chi connectivity index (χ4n) is 3.73. The highest BCUT2D eigenvalue weighted by Crippen LogP contribution is 2.19. The predicted octanol–water partition coefficient (Wildman–Crippen LogP) is 2.79. The van der Waals surface area contributed by atoms with E-state index in [0.29, 0.717) is 19.1 Å². The second-order valence-corrected chi connectivity index (χ2v) is 11.4. The summed E-state index contributed by atoms with van der Waals surface area (Å²) in [5.74, 6) is -0.210. The molecule has 1 aliphatic rings. The number of amides is 2. The summed E-state index contributed by atoms with van der Waals surface area (Å²) in [7, 11) is -3.72. The van der Waals surface area contributed by atoms with Crippen LogP contribution in [-0.4, -0.2) is 62.9 Å². The maximum Gasteiger partial charge on any atom is 0.251 e. The van der Waals surface area contributed by atoms with Crippen LogP contribution >= 0.6 is 0 Å². The molecule has 33 heavy (non-hydrogen) atoms. The first-order valence-electron chi connectivity index (χ1n) is 11.8. The molecule has 2 N–H and O–H groups in total. The summed E-state index contributed by atoms with van der Waals surface area (Å²) in [6, 6.07) is 5.24. The summed E-state index contributed by atoms with van der Waals surface area (Å²) < 4.78 is 32.4. The van der Waals surface area contributed by atoms with Crippen LogP contribution in [0.25, 0.3) is 0 Å². The number of nitrogens with zero attached hydrogens (tertiary/aromatic N) is 1. The Balaban J connectivity index is 2.06. The Hall–Kier alpha value is -1.97. The maximum absolute atomic E-state index is 12.9. The Bertz CT molecular complexity index is 895. The lowest BCUT2D eigenvalue weighted by atomic mass is 10.0. The van der Waals surface area contributed by atoms with Crippen molar-refractivity contribution in [2.24, 2.45) is 11.8 Å². The minimum absolute atomic E-state index is 0.0106. The summed E-state index contributed by atoms with van der Waals surface area (Å²) in [5.41, 5.74) is 0.202. The highest BCUT2D eigenvalue weighted by molar-refractivity contribution is 7.89. The van der Waals surface area contributed by atoms with Gasteiger partial charge in [-0.25, -0.2) is 8.42 Å². The summed E-state index contributed by atoms with van der Waals surface area (Å²) in [6.07, 6.45) is 3.01. The van der Waals surface area contributed by atoms with Gasteiger partial charge in [-0.05, 0) is 43.4 Å². The Morgan fingerprint density at radius 1 is 1.03 bits per heavy atom. The van der Waals surface area contributed by atoms with Gasteiger partial charge in [0.2, 0.25) is 15.9 Å². The highest BCUT2D eigenvalue weighted by Gasteiger charge is 2.29. The number of ether oxygens (including phenoxy) is 1. The molecule has 2 atom stereocenters. The first-order valence-corrected chi connectivity index (χ1v) is 13.3. The SMILES string of the molecule is CC(C)CCCC(C)NC(=O)C(NC(=O)c1cccc(S(=O)(=O)N2CCOCC2)c1)C(C)C. The molecule has 8 nitrogen and oxygen atoms in total. The topological polar surface area (TPSA) is 105 Å². The van der Waals surface area contributed by atoms with Crippen molar-refractivity contribution in [3.8, 4) is 0 Å². The molecule has 1 heterocycles. The molecule has 2 amide bonds. The van der Waals surface area contributed by atoms with Crippen molar-refractivity contribution in [1.82, 2.24) is 14.9 Å². The molecule has 1 aromatic carbocycles. The van der Waals surface area contributed by atoms with Crippen LogP contribution in [0.4, 0.5) is 0 Å². The van der Waals surface area contributed by atoms with Crippen LogP contribution in [0.2, 0.25) is 0 Å². The van der Waals surface area contributed by atoms with Gasteiger partial charge in [0, 0.05) is 24.7 Å². The van der Waals surface area contributed by atoms with Crippen LogP contribution in [0.1, 0.15) is 64.2 Å². The van der Waals surface area contributed by atoms with Crippen LogP contribution < -0.4 is 10.6 Å². The van der Waals surface area contributed by atoms with E-state index >= 15 is 0 Å². The van der Waals surface area contributed by atoms with Crippen LogP contribution in [0, 0.1) is 11.8 Å². The van der Waals surface area contributed by atoms with Gasteiger partial charge in [-0.2, -0.15) is 4.31 Å². The van der Waals surface area contributed by atoms with Crippen molar-refractivity contribution in [3.05, 3.63) is 29.8 Å². The molecule has 0 bridgehead atoms. The van der Waals surface area contributed by atoms with Crippen molar-refractivity contribution in [3.63, 3.8) is 0 Å². The van der Waals surface area contributed by atoms with Crippen LogP contribution in [0.5, 0.6) is 0 Å². The third kappa shape index (κ3) is 8.08. The summed E-state index contributed by atoms with van der Waals surface area (Å²) in [6.45, 7) is 11.3. The van der Waals surface area contributed by atoms with Crippen molar-refractivity contribution in [2.45, 2.75) is 70.9 Å². The van der Waals surface area contributed by atoms with E-state index in [1.807, 2.05) is 20.8 Å². The number of morpholine rings is 1. The van der Waals surface area contributed by atoms with Crippen LogP contribution in [-0.2, 0) is 19.6 Å². The zero-order chi connectivity index (χ0) is 24.6. The van der Waals surface area contributed by atoms with Gasteiger partial charge in [0.15, 0.2) is 0 Å². The molecule has 0 radical (unpaired) electrons. The summed E-state index contributed by atoms with van der Waals surface area (Å²) in [4.78, 5) is 25.8. The number of carbonyl (C=O) groups excluding carboxylic acids is 2. The van der Waals surface area contributed by atoms with E-state index in [4.69, 9.17) is 4.74 Å². The lowest BCUT2D eigenvalue weighted by Gasteiger charge is -2.26. The highest BCUT2D eigenvalue weighted by atomic mass is 32.2. The lowest BCUT2D eigenvalue weighted by Crippen LogP contribution is -2.51. The van der Waals surface area contributed by atoms with Crippen molar-refractivity contribution >= 4 is 21.8 Å². The molecule has 9 heteroatoms. The molecule has 1 aliphatic heterocycles. The number of carbonyl (C=O) groups is 2. The van der Waals surface area contributed by atoms with Gasteiger partial charge in [-0.1, -0.05) is 46.6 Å². The van der Waals surface area contributed by atoms with Gasteiger partial charge in [0.25, 0.3) is 5.91 Å². The van der Waals surface area contributed by atoms with E-state index in [9.17, 15) is 18.0 Å². The average Bonchev–Trinajstić information content (AvgIpc) is 2.77. The Labute approximate surface area is 198 Å². The number of hydrogen-bond donors (Lipinski definition) is 2. The second kappa shape index (κ2) is 12.5. The van der Waals surface area contributed by atoms with Crippen molar-refractivity contribution in [2.75, 3.05) is 26.3 Å². The molecular weight excluding hydrogens is 442 g/mol. The third-order valence-corrected chi connectivity index (χ3v) is 7.64. The minimum atomic E-state index is -3.72. The molecule has 2 rings (SSSR count). The molecule has 0 aromatic heterocycles. The summed E-state index contributed by atoms with van der Waals surface area (Å²) in [5, 5.41) is 5.79. The maximum atomic E-state index is 12.9. The Morgan fingerprint density at radius 2 is 1.70 bits per heavy atom. The van der Waals surface area contributed by atoms with E-state index < -0.39 is 22.0 Å². The number of benzene rings is 1. The van der Waals surface area contributed by atoms with Gasteiger partial charge >= 0.3 is 0 Å². The van der Waals surface area contributed by atoms with E-state index in [-0.39, 0.29) is 41.4 Å². The molecule has 1 aromatic rings. The Morgan fingerprint density at radius 3 is 2.30 bits per heavy atom. The lowest BCUT2D eigenvalue weighted by molar-refractivity contribution is -0.124. The monoisotopic (exact) mass is 481 g/mol. The van der Waals surface area contributed by atoms with Crippen LogP contribution in [0.3, 0.4) is 0 Å². The first kappa shape index (κ1) is 27.3. The van der Waals surface area contributed by atoms with Gasteiger partial charge in [-0.3, -0.25) is 9.59 Å². The molecule has 0 saturated carbocycles. The second-order valence-electron chi connectivity index (χ2n) is 9.47. The average molecular weight is 482 g/mol. The van der Waals surface area contributed by atoms with E-state index in [0.717, 1.165) is 19.3 Å². The molecule has 0 spiro atoms. The van der Waals surface area contributed by atoms with Gasteiger partial charge in [0.1, 0.15) is 6.04 Å². The minimum Gasteiger partial charge on any atom is -0.379 e. The predicted molar refractivity (Wildman–Crippen MR) is 128 cm³/mol. The molecule has 1 saturated heterocycles. The van der Waals surface area contributed by atoms with E-state index in [1.165, 1.54) is 16.4 Å². The molecule has 1 fully saturated rings. The fourth-order valence-corrected chi connectivity index (χ4v) is 5.18. The number of nitrogens with one attached hydrogen (secondary N) is 2. The van der Waals surface area contributed by atoms with E-state index in [1.54, 1.807) is 12.1 Å². The van der Waals surface area contributed by atoms with Gasteiger partial charge < -0.3 is 15.4 Å². The number of sulfonamides is 1. The molecule has 186 valence electrons. The van der Waals surface area contributed by atoms with Gasteiger partial charge in [0.05, 0.1) is 18.1 Å². The normalized spacial score (nSPS) is 17.1. The first-order chi connectivity index (χ1) is 15.5. The fraction of sp³-hybridized carbons (Fsp3) is 0.667. The van der Waals surface area contributed by atoms with Crippen molar-refractivity contribution in [1.29, 1.82) is 0 Å². The number of rotatable bonds is 11. The van der Waals surface area contributed by atoms with E-state index in [2.05, 4.69) is 24.5 Å². The zero-order valence-corrected chi connectivity index (χ0v) is 21.3. The Kier molecular flexibility index (Phi) is 10.3. The van der Waals surface area contributed by atoms with Gasteiger partial charge in [-0.15, -0.1) is 0 Å².